The number of fused-ring (bicyclic) bond motifs is 3. The molecule has 2 aliphatic rings. The maximum atomic E-state index is 12.6. The second-order valence-electron chi connectivity index (χ2n) is 9.60. The lowest BCUT2D eigenvalue weighted by Gasteiger charge is -2.40. The number of carboxylic acid groups (broad SMARTS) is 1. The van der Waals surface area contributed by atoms with Gasteiger partial charge in [0.25, 0.3) is 0 Å². The summed E-state index contributed by atoms with van der Waals surface area (Å²) in [6, 6.07) is 27.4. The molecule has 1 fully saturated rings. The molecular weight excluding hydrogens is 550 g/mol. The molecule has 7 nitrogen and oxygen atoms in total. The Bertz CT molecular complexity index is 1480. The van der Waals surface area contributed by atoms with E-state index in [1.165, 1.54) is 6.20 Å². The van der Waals surface area contributed by atoms with Crippen LogP contribution in [-0.2, 0) is 22.6 Å². The zero-order chi connectivity index (χ0) is 26.5. The Morgan fingerprint density at radius 1 is 1.00 bits per heavy atom. The number of hydrogen-bond donors (Lipinski definition) is 3. The quantitative estimate of drug-likeness (QED) is 0.305. The van der Waals surface area contributed by atoms with Crippen molar-refractivity contribution >= 4 is 21.9 Å². The second-order valence-corrected chi connectivity index (χ2v) is 10.5. The van der Waals surface area contributed by atoms with Gasteiger partial charge in [-0.05, 0) is 28.8 Å². The lowest BCUT2D eigenvalue weighted by molar-refractivity contribution is -0.160. The van der Waals surface area contributed by atoms with E-state index in [-0.39, 0.29) is 11.4 Å². The summed E-state index contributed by atoms with van der Waals surface area (Å²) in [6.45, 7) is 0.305. The normalized spacial score (nSPS) is 27.3. The van der Waals surface area contributed by atoms with Crippen LogP contribution in [0.4, 0.5) is 0 Å². The molecule has 0 radical (unpaired) electrons. The molecule has 3 N–H and O–H groups in total. The van der Waals surface area contributed by atoms with Crippen LogP contribution in [0.15, 0.2) is 102 Å². The average Bonchev–Trinajstić information content (AvgIpc) is 3.31. The SMILES string of the molecule is O=C(O)[C@H]1[C@@H](O)C2(O)c3ncc(OCc4ccccc4)cc3O[C@@]2(c2ccc(Br)cc2)[C@@H]1c1ccccc1. The van der Waals surface area contributed by atoms with Crippen LogP contribution in [0.3, 0.4) is 0 Å². The molecule has 6 rings (SSSR count). The minimum atomic E-state index is -2.16. The first kappa shape index (κ1) is 24.6. The van der Waals surface area contributed by atoms with Crippen LogP contribution >= 0.6 is 15.9 Å². The summed E-state index contributed by atoms with van der Waals surface area (Å²) >= 11 is 3.44. The topological polar surface area (TPSA) is 109 Å². The molecular formula is C30H24BrNO6. The number of aromatic nitrogens is 1. The summed E-state index contributed by atoms with van der Waals surface area (Å²) < 4.78 is 13.4. The summed E-state index contributed by atoms with van der Waals surface area (Å²) in [4.78, 5) is 17.1. The summed E-state index contributed by atoms with van der Waals surface area (Å²) in [5.41, 5.74) is -1.65. The number of carboxylic acids is 1. The number of ether oxygens (including phenoxy) is 2. The zero-order valence-electron chi connectivity index (χ0n) is 20.1. The smallest absolute Gasteiger partial charge is 0.310 e. The number of aliphatic hydroxyl groups is 2. The highest BCUT2D eigenvalue weighted by Crippen LogP contribution is 2.68. The fraction of sp³-hybridized carbons (Fsp3) is 0.200. The van der Waals surface area contributed by atoms with Crippen molar-refractivity contribution in [3.05, 3.63) is 124 Å². The van der Waals surface area contributed by atoms with Crippen molar-refractivity contribution in [2.24, 2.45) is 5.92 Å². The molecule has 1 aromatic heterocycles. The van der Waals surface area contributed by atoms with Gasteiger partial charge in [0.1, 0.15) is 29.9 Å². The third-order valence-electron chi connectivity index (χ3n) is 7.56. The maximum Gasteiger partial charge on any atom is 0.310 e. The van der Waals surface area contributed by atoms with E-state index in [9.17, 15) is 20.1 Å². The minimum absolute atomic E-state index is 0.0738. The van der Waals surface area contributed by atoms with Crippen LogP contribution in [0.25, 0.3) is 0 Å². The van der Waals surface area contributed by atoms with Crippen LogP contribution in [0.1, 0.15) is 28.3 Å². The van der Waals surface area contributed by atoms with E-state index >= 15 is 0 Å². The Kier molecular flexibility index (Phi) is 5.98. The number of aliphatic hydroxyl groups excluding tert-OH is 1. The Morgan fingerprint density at radius 3 is 2.32 bits per heavy atom. The van der Waals surface area contributed by atoms with E-state index in [2.05, 4.69) is 20.9 Å². The van der Waals surface area contributed by atoms with Crippen LogP contribution < -0.4 is 9.47 Å². The third-order valence-corrected chi connectivity index (χ3v) is 8.09. The van der Waals surface area contributed by atoms with E-state index in [0.29, 0.717) is 23.5 Å². The van der Waals surface area contributed by atoms with Crippen molar-refractivity contribution < 1.29 is 29.6 Å². The van der Waals surface area contributed by atoms with Gasteiger partial charge in [-0.15, -0.1) is 0 Å². The van der Waals surface area contributed by atoms with Crippen molar-refractivity contribution in [3.63, 3.8) is 0 Å². The fourth-order valence-electron chi connectivity index (χ4n) is 5.93. The van der Waals surface area contributed by atoms with Crippen LogP contribution in [0.5, 0.6) is 11.5 Å². The molecule has 8 heteroatoms. The Hall–Kier alpha value is -3.72. The van der Waals surface area contributed by atoms with Crippen molar-refractivity contribution in [2.45, 2.75) is 29.8 Å². The molecule has 0 saturated heterocycles. The van der Waals surface area contributed by atoms with Gasteiger partial charge in [0.05, 0.1) is 12.1 Å². The predicted octanol–water partition coefficient (Wildman–Crippen LogP) is 4.76. The van der Waals surface area contributed by atoms with Gasteiger partial charge >= 0.3 is 5.97 Å². The van der Waals surface area contributed by atoms with E-state index < -0.39 is 35.1 Å². The van der Waals surface area contributed by atoms with Gasteiger partial charge < -0.3 is 24.8 Å². The van der Waals surface area contributed by atoms with Crippen LogP contribution in [0, 0.1) is 5.92 Å². The Morgan fingerprint density at radius 2 is 1.66 bits per heavy atom. The van der Waals surface area contributed by atoms with E-state index in [4.69, 9.17) is 9.47 Å². The number of aliphatic carboxylic acids is 1. The second kappa shape index (κ2) is 9.23. The van der Waals surface area contributed by atoms with Gasteiger partial charge in [-0.1, -0.05) is 88.7 Å². The number of hydrogen-bond acceptors (Lipinski definition) is 6. The van der Waals surface area contributed by atoms with Gasteiger partial charge in [0.15, 0.2) is 11.2 Å². The molecule has 38 heavy (non-hydrogen) atoms. The van der Waals surface area contributed by atoms with Crippen molar-refractivity contribution in [3.8, 4) is 11.5 Å². The van der Waals surface area contributed by atoms with E-state index in [1.54, 1.807) is 54.6 Å². The highest BCUT2D eigenvalue weighted by molar-refractivity contribution is 9.10. The van der Waals surface area contributed by atoms with Gasteiger partial charge in [0.2, 0.25) is 0 Å². The van der Waals surface area contributed by atoms with Gasteiger partial charge in [-0.2, -0.15) is 0 Å². The summed E-state index contributed by atoms with van der Waals surface area (Å²) in [7, 11) is 0. The predicted molar refractivity (Wildman–Crippen MR) is 142 cm³/mol. The summed E-state index contributed by atoms with van der Waals surface area (Å²) in [5, 5.41) is 34.3. The first-order valence-electron chi connectivity index (χ1n) is 12.2. The number of benzene rings is 3. The van der Waals surface area contributed by atoms with Crippen LogP contribution in [-0.4, -0.2) is 32.4 Å². The molecule has 2 heterocycles. The molecule has 5 atom stereocenters. The number of pyridine rings is 1. The van der Waals surface area contributed by atoms with Crippen molar-refractivity contribution in [1.29, 1.82) is 0 Å². The highest BCUT2D eigenvalue weighted by Gasteiger charge is 2.78. The van der Waals surface area contributed by atoms with Gasteiger partial charge in [0, 0.05) is 16.5 Å². The number of halogens is 1. The first-order valence-corrected chi connectivity index (χ1v) is 13.0. The molecule has 4 aromatic rings. The lowest BCUT2D eigenvalue weighted by Crippen LogP contribution is -2.52. The number of nitrogens with zero attached hydrogens (tertiary/aromatic N) is 1. The standard InChI is InChI=1S/C30H24BrNO6/c31-21-13-11-20(12-14-21)30-25(19-9-5-2-6-10-19)24(28(34)35)27(33)29(30,36)26-23(38-30)15-22(16-32-26)37-17-18-7-3-1-4-8-18/h1-16,24-25,27,33,36H,17H2,(H,34,35)/t24-,25-,27-,29?,30+/m1/s1. The highest BCUT2D eigenvalue weighted by atomic mass is 79.9. The third kappa shape index (κ3) is 3.55. The summed E-state index contributed by atoms with van der Waals surface area (Å²) in [6.07, 6.45) is -0.252. The molecule has 3 aromatic carbocycles. The van der Waals surface area contributed by atoms with Crippen LogP contribution in [0.2, 0.25) is 0 Å². The molecule has 0 bridgehead atoms. The molecule has 1 aliphatic heterocycles. The average molecular weight is 574 g/mol. The lowest BCUT2D eigenvalue weighted by atomic mass is 9.71. The molecule has 1 unspecified atom stereocenters. The zero-order valence-corrected chi connectivity index (χ0v) is 21.7. The van der Waals surface area contributed by atoms with Crippen molar-refractivity contribution in [1.82, 2.24) is 4.98 Å². The molecule has 192 valence electrons. The van der Waals surface area contributed by atoms with Crippen molar-refractivity contribution in [2.75, 3.05) is 0 Å². The Labute approximate surface area is 227 Å². The van der Waals surface area contributed by atoms with E-state index in [1.807, 2.05) is 36.4 Å². The number of carbonyl (C=O) groups is 1. The Balaban J connectivity index is 1.52. The molecule has 0 amide bonds. The first-order chi connectivity index (χ1) is 18.4. The minimum Gasteiger partial charge on any atom is -0.487 e. The molecule has 1 saturated carbocycles. The molecule has 0 spiro atoms. The van der Waals surface area contributed by atoms with Gasteiger partial charge in [-0.3, -0.25) is 9.78 Å². The van der Waals surface area contributed by atoms with E-state index in [0.717, 1.165) is 10.0 Å². The monoisotopic (exact) mass is 573 g/mol. The fourth-order valence-corrected chi connectivity index (χ4v) is 6.19. The summed E-state index contributed by atoms with van der Waals surface area (Å²) in [5.74, 6) is -2.90. The molecule has 1 aliphatic carbocycles. The largest absolute Gasteiger partial charge is 0.487 e. The van der Waals surface area contributed by atoms with Gasteiger partial charge in [-0.25, -0.2) is 0 Å². The maximum absolute atomic E-state index is 12.6. The number of rotatable bonds is 6.